The zero-order valence-corrected chi connectivity index (χ0v) is 10.1. The third-order valence-corrected chi connectivity index (χ3v) is 2.43. The maximum absolute atomic E-state index is 12.6. The van der Waals surface area contributed by atoms with E-state index in [4.69, 9.17) is 22.1 Å². The van der Waals surface area contributed by atoms with Gasteiger partial charge in [-0.25, -0.2) is 0 Å². The lowest BCUT2D eigenvalue weighted by Crippen LogP contribution is -2.47. The molecule has 0 radical (unpaired) electrons. The number of alkyl halides is 3. The lowest BCUT2D eigenvalue weighted by atomic mass is 10.1. The third-order valence-electron chi connectivity index (χ3n) is 2.19. The van der Waals surface area contributed by atoms with Crippen LogP contribution in [-0.2, 0) is 0 Å². The molecule has 96 valence electrons. The van der Waals surface area contributed by atoms with Crippen LogP contribution in [0.4, 0.5) is 13.2 Å². The monoisotopic (exact) mass is 267 g/mol. The number of benzene rings is 1. The normalized spacial score (nSPS) is 15.5. The summed E-state index contributed by atoms with van der Waals surface area (Å²) in [5, 5.41) is 0.444. The van der Waals surface area contributed by atoms with Crippen molar-refractivity contribution in [3.8, 4) is 5.75 Å². The first-order chi connectivity index (χ1) is 7.71. The molecule has 0 spiro atoms. The first kappa shape index (κ1) is 14.1. The topological polar surface area (TPSA) is 35.2 Å². The molecule has 0 bridgehead atoms. The number of rotatable bonds is 3. The summed E-state index contributed by atoms with van der Waals surface area (Å²) < 4.78 is 42.8. The minimum Gasteiger partial charge on any atom is -0.479 e. The highest BCUT2D eigenvalue weighted by Crippen LogP contribution is 2.29. The van der Waals surface area contributed by atoms with Crippen LogP contribution >= 0.6 is 11.6 Å². The number of ether oxygens (including phenoxy) is 1. The van der Waals surface area contributed by atoms with E-state index in [1.807, 2.05) is 0 Å². The fraction of sp³-hybridized carbons (Fsp3) is 0.455. The van der Waals surface area contributed by atoms with Gasteiger partial charge in [0.25, 0.3) is 0 Å². The first-order valence-corrected chi connectivity index (χ1v) is 5.34. The molecule has 0 aliphatic carbocycles. The standard InChI is InChI=1S/C11H13ClF3NO/c1-6-5-8(12)3-4-9(6)17-10(7(2)16)11(13,14)15/h3-5,7,10H,16H2,1-2H3. The molecule has 0 saturated carbocycles. The molecule has 0 amide bonds. The predicted octanol–water partition coefficient (Wildman–Crippen LogP) is 3.31. The highest BCUT2D eigenvalue weighted by molar-refractivity contribution is 6.30. The number of aryl methyl sites for hydroxylation is 1. The van der Waals surface area contributed by atoms with E-state index in [-0.39, 0.29) is 5.75 Å². The van der Waals surface area contributed by atoms with Crippen molar-refractivity contribution in [2.24, 2.45) is 5.73 Å². The molecule has 6 heteroatoms. The van der Waals surface area contributed by atoms with Gasteiger partial charge in [-0.2, -0.15) is 13.2 Å². The van der Waals surface area contributed by atoms with E-state index in [9.17, 15) is 13.2 Å². The Kier molecular flexibility index (Phi) is 4.27. The molecule has 17 heavy (non-hydrogen) atoms. The van der Waals surface area contributed by atoms with E-state index in [1.54, 1.807) is 6.92 Å². The van der Waals surface area contributed by atoms with Gasteiger partial charge in [0.15, 0.2) is 0 Å². The Morgan fingerprint density at radius 3 is 2.35 bits per heavy atom. The van der Waals surface area contributed by atoms with Crippen LogP contribution in [0.25, 0.3) is 0 Å². The molecule has 0 aliphatic rings. The Balaban J connectivity index is 2.94. The largest absolute Gasteiger partial charge is 0.479 e. The van der Waals surface area contributed by atoms with Crippen molar-refractivity contribution in [2.45, 2.75) is 32.2 Å². The fourth-order valence-corrected chi connectivity index (χ4v) is 1.58. The summed E-state index contributed by atoms with van der Waals surface area (Å²) in [6.07, 6.45) is -6.53. The molecule has 0 fully saturated rings. The van der Waals surface area contributed by atoms with Gasteiger partial charge in [0.1, 0.15) is 5.75 Å². The number of hydrogen-bond acceptors (Lipinski definition) is 2. The van der Waals surface area contributed by atoms with Crippen LogP contribution in [0.2, 0.25) is 5.02 Å². The van der Waals surface area contributed by atoms with Gasteiger partial charge in [0, 0.05) is 11.1 Å². The van der Waals surface area contributed by atoms with E-state index < -0.39 is 18.3 Å². The molecular weight excluding hydrogens is 255 g/mol. The lowest BCUT2D eigenvalue weighted by molar-refractivity contribution is -0.199. The average Bonchev–Trinajstić information content (AvgIpc) is 2.13. The van der Waals surface area contributed by atoms with Gasteiger partial charge < -0.3 is 10.5 Å². The average molecular weight is 268 g/mol. The van der Waals surface area contributed by atoms with Crippen LogP contribution < -0.4 is 10.5 Å². The third kappa shape index (κ3) is 3.78. The summed E-state index contributed by atoms with van der Waals surface area (Å²) in [5.41, 5.74) is 5.81. The molecule has 0 aromatic heterocycles. The Labute approximate surface area is 103 Å². The van der Waals surface area contributed by atoms with Crippen molar-refractivity contribution in [3.05, 3.63) is 28.8 Å². The molecule has 0 heterocycles. The highest BCUT2D eigenvalue weighted by atomic mass is 35.5. The van der Waals surface area contributed by atoms with Crippen LogP contribution in [0.3, 0.4) is 0 Å². The maximum Gasteiger partial charge on any atom is 0.426 e. The van der Waals surface area contributed by atoms with Gasteiger partial charge in [-0.15, -0.1) is 0 Å². The van der Waals surface area contributed by atoms with Gasteiger partial charge in [-0.05, 0) is 37.6 Å². The van der Waals surface area contributed by atoms with Gasteiger partial charge in [-0.1, -0.05) is 11.6 Å². The van der Waals surface area contributed by atoms with Crippen molar-refractivity contribution >= 4 is 11.6 Å². The molecule has 1 rings (SSSR count). The second-order valence-electron chi connectivity index (χ2n) is 3.85. The summed E-state index contributed by atoms with van der Waals surface area (Å²) >= 11 is 5.70. The fourth-order valence-electron chi connectivity index (χ4n) is 1.35. The van der Waals surface area contributed by atoms with E-state index in [1.165, 1.54) is 25.1 Å². The maximum atomic E-state index is 12.6. The Bertz CT molecular complexity index is 393. The van der Waals surface area contributed by atoms with Crippen LogP contribution in [0.15, 0.2) is 18.2 Å². The molecule has 0 aliphatic heterocycles. The van der Waals surface area contributed by atoms with Crippen LogP contribution in [0, 0.1) is 6.92 Å². The van der Waals surface area contributed by atoms with E-state index in [0.29, 0.717) is 10.6 Å². The van der Waals surface area contributed by atoms with Crippen molar-refractivity contribution in [2.75, 3.05) is 0 Å². The summed E-state index contributed by atoms with van der Waals surface area (Å²) in [6, 6.07) is 3.26. The Morgan fingerprint density at radius 2 is 1.94 bits per heavy atom. The molecule has 2 atom stereocenters. The number of hydrogen-bond donors (Lipinski definition) is 1. The minimum atomic E-state index is -4.50. The second kappa shape index (κ2) is 5.14. The second-order valence-corrected chi connectivity index (χ2v) is 4.29. The smallest absolute Gasteiger partial charge is 0.426 e. The molecule has 1 aromatic carbocycles. The van der Waals surface area contributed by atoms with E-state index in [0.717, 1.165) is 0 Å². The Morgan fingerprint density at radius 1 is 1.35 bits per heavy atom. The molecule has 0 saturated heterocycles. The van der Waals surface area contributed by atoms with Crippen LogP contribution in [-0.4, -0.2) is 18.3 Å². The SMILES string of the molecule is Cc1cc(Cl)ccc1OC(C(C)N)C(F)(F)F. The van der Waals surface area contributed by atoms with Crippen molar-refractivity contribution < 1.29 is 17.9 Å². The molecule has 1 aromatic rings. The Hall–Kier alpha value is -0.940. The zero-order valence-electron chi connectivity index (χ0n) is 9.38. The summed E-state index contributed by atoms with van der Waals surface area (Å²) in [4.78, 5) is 0. The lowest BCUT2D eigenvalue weighted by Gasteiger charge is -2.25. The molecule has 2 unspecified atom stereocenters. The van der Waals surface area contributed by atoms with E-state index >= 15 is 0 Å². The van der Waals surface area contributed by atoms with Gasteiger partial charge in [0.05, 0.1) is 0 Å². The number of halogens is 4. The van der Waals surface area contributed by atoms with Gasteiger partial charge in [0.2, 0.25) is 6.10 Å². The first-order valence-electron chi connectivity index (χ1n) is 4.97. The zero-order chi connectivity index (χ0) is 13.2. The van der Waals surface area contributed by atoms with Crippen LogP contribution in [0.1, 0.15) is 12.5 Å². The summed E-state index contributed by atoms with van der Waals surface area (Å²) in [5.74, 6) is 0.133. The van der Waals surface area contributed by atoms with Crippen LogP contribution in [0.5, 0.6) is 5.75 Å². The summed E-state index contributed by atoms with van der Waals surface area (Å²) in [7, 11) is 0. The quantitative estimate of drug-likeness (QED) is 0.912. The minimum absolute atomic E-state index is 0.133. The highest BCUT2D eigenvalue weighted by Gasteiger charge is 2.44. The van der Waals surface area contributed by atoms with Crippen molar-refractivity contribution in [1.29, 1.82) is 0 Å². The van der Waals surface area contributed by atoms with Gasteiger partial charge in [-0.3, -0.25) is 0 Å². The predicted molar refractivity (Wildman–Crippen MR) is 60.3 cm³/mol. The van der Waals surface area contributed by atoms with Crippen molar-refractivity contribution in [1.82, 2.24) is 0 Å². The number of nitrogens with two attached hydrogens (primary N) is 1. The molecular formula is C11H13ClF3NO. The summed E-state index contributed by atoms with van der Waals surface area (Å²) in [6.45, 7) is 2.87. The molecule has 2 N–H and O–H groups in total. The van der Waals surface area contributed by atoms with Crippen molar-refractivity contribution in [3.63, 3.8) is 0 Å². The van der Waals surface area contributed by atoms with E-state index in [2.05, 4.69) is 0 Å². The van der Waals surface area contributed by atoms with Gasteiger partial charge >= 0.3 is 6.18 Å². The molecule has 2 nitrogen and oxygen atoms in total.